The van der Waals surface area contributed by atoms with Crippen LogP contribution in [0.4, 0.5) is 0 Å². The zero-order valence-electron chi connectivity index (χ0n) is 19.4. The summed E-state index contributed by atoms with van der Waals surface area (Å²) in [5.74, 6) is 0.899. The van der Waals surface area contributed by atoms with Crippen LogP contribution in [0.25, 0.3) is 11.6 Å². The summed E-state index contributed by atoms with van der Waals surface area (Å²) >= 11 is 1.60. The summed E-state index contributed by atoms with van der Waals surface area (Å²) in [6.07, 6.45) is 11.6. The van der Waals surface area contributed by atoms with Crippen molar-refractivity contribution >= 4 is 28.8 Å². The Hall–Kier alpha value is -2.57. The van der Waals surface area contributed by atoms with Crippen molar-refractivity contribution in [2.45, 2.75) is 38.6 Å². The number of thiazole rings is 1. The van der Waals surface area contributed by atoms with Gasteiger partial charge in [-0.1, -0.05) is 24.8 Å². The van der Waals surface area contributed by atoms with Gasteiger partial charge in [-0.3, -0.25) is 4.99 Å². The van der Waals surface area contributed by atoms with E-state index in [2.05, 4.69) is 29.4 Å². The summed E-state index contributed by atoms with van der Waals surface area (Å²) in [4.78, 5) is 11.1. The van der Waals surface area contributed by atoms with E-state index in [-0.39, 0.29) is 18.6 Å². The van der Waals surface area contributed by atoms with Gasteiger partial charge in [0.2, 0.25) is 0 Å². The SMILES string of the molecule is C=C(CNCCOC)NC(=NC1CCC(CO)C1)/C(=C(\C)C#N)c1nc2c(s1)CC=CC=C2. The minimum absolute atomic E-state index is 0.0843. The second-order valence-electron chi connectivity index (χ2n) is 8.32. The van der Waals surface area contributed by atoms with Gasteiger partial charge >= 0.3 is 0 Å². The molecule has 7 nitrogen and oxygen atoms in total. The average Bonchev–Trinajstić information content (AvgIpc) is 3.37. The minimum atomic E-state index is 0.0843. The number of amidine groups is 1. The molecule has 1 heterocycles. The van der Waals surface area contributed by atoms with E-state index in [1.807, 2.05) is 18.2 Å². The molecule has 2 aliphatic rings. The van der Waals surface area contributed by atoms with Crippen LogP contribution in [0.2, 0.25) is 0 Å². The molecule has 176 valence electrons. The summed E-state index contributed by atoms with van der Waals surface area (Å²) in [5, 5.41) is 26.8. The maximum absolute atomic E-state index is 9.82. The van der Waals surface area contributed by atoms with Crippen LogP contribution >= 0.6 is 11.3 Å². The van der Waals surface area contributed by atoms with Crippen molar-refractivity contribution in [3.8, 4) is 6.07 Å². The van der Waals surface area contributed by atoms with Gasteiger partial charge in [0, 0.05) is 49.4 Å². The first-order chi connectivity index (χ1) is 16.0. The number of aliphatic hydroxyl groups excluding tert-OH is 1. The molecule has 3 rings (SSSR count). The van der Waals surface area contributed by atoms with Crippen LogP contribution in [0.1, 0.15) is 41.8 Å². The zero-order valence-corrected chi connectivity index (χ0v) is 20.2. The number of rotatable bonds is 10. The van der Waals surface area contributed by atoms with Crippen molar-refractivity contribution in [1.29, 1.82) is 5.26 Å². The number of fused-ring (bicyclic) bond motifs is 1. The van der Waals surface area contributed by atoms with E-state index in [1.165, 1.54) is 4.88 Å². The van der Waals surface area contributed by atoms with Gasteiger partial charge in [-0.15, -0.1) is 11.3 Å². The van der Waals surface area contributed by atoms with Crippen molar-refractivity contribution in [2.24, 2.45) is 10.9 Å². The molecule has 0 aromatic carbocycles. The fourth-order valence-electron chi connectivity index (χ4n) is 3.94. The molecule has 0 bridgehead atoms. The highest BCUT2D eigenvalue weighted by Gasteiger charge is 2.26. The molecule has 0 aliphatic heterocycles. The first-order valence-electron chi connectivity index (χ1n) is 11.3. The lowest BCUT2D eigenvalue weighted by Crippen LogP contribution is -2.32. The van der Waals surface area contributed by atoms with Crippen LogP contribution in [0.3, 0.4) is 0 Å². The number of allylic oxidation sites excluding steroid dienone is 4. The summed E-state index contributed by atoms with van der Waals surface area (Å²) in [6.45, 7) is 8.02. The van der Waals surface area contributed by atoms with E-state index < -0.39 is 0 Å². The molecule has 0 radical (unpaired) electrons. The Morgan fingerprint density at radius 1 is 1.42 bits per heavy atom. The monoisotopic (exact) mass is 467 g/mol. The standard InChI is InChI=1S/C25H33N5O2S/c1-17(14-26)23(25-30-21-7-5-4-6-8-22(21)33-25)24(28-18(2)15-27-11-12-32-3)29-20-10-9-19(13-20)16-31/h4-7,19-20,27,31H,2,8-13,15-16H2,1,3H3,(H,28,29)/b23-17-. The molecule has 2 aliphatic carbocycles. The molecule has 0 amide bonds. The van der Waals surface area contributed by atoms with E-state index in [9.17, 15) is 10.4 Å². The molecule has 2 unspecified atom stereocenters. The Morgan fingerprint density at radius 3 is 3.00 bits per heavy atom. The van der Waals surface area contributed by atoms with Crippen LogP contribution in [0, 0.1) is 17.2 Å². The number of aliphatic imine (C=N–C) groups is 1. The van der Waals surface area contributed by atoms with Gasteiger partial charge in [0.05, 0.1) is 30.0 Å². The summed E-state index contributed by atoms with van der Waals surface area (Å²) in [5.41, 5.74) is 2.97. The van der Waals surface area contributed by atoms with E-state index >= 15 is 0 Å². The highest BCUT2D eigenvalue weighted by Crippen LogP contribution is 2.32. The molecule has 3 N–H and O–H groups in total. The molecule has 1 fully saturated rings. The van der Waals surface area contributed by atoms with Crippen molar-refractivity contribution in [2.75, 3.05) is 33.4 Å². The van der Waals surface area contributed by atoms with E-state index in [1.54, 1.807) is 25.4 Å². The molecule has 1 saturated carbocycles. The molecule has 0 saturated heterocycles. The highest BCUT2D eigenvalue weighted by molar-refractivity contribution is 7.13. The predicted molar refractivity (Wildman–Crippen MR) is 135 cm³/mol. The number of hydrogen-bond acceptors (Lipinski definition) is 7. The molecule has 33 heavy (non-hydrogen) atoms. The number of hydrogen-bond donors (Lipinski definition) is 3. The summed E-state index contributed by atoms with van der Waals surface area (Å²) in [6, 6.07) is 2.39. The molecule has 8 heteroatoms. The topological polar surface area (TPSA) is 103 Å². The Morgan fingerprint density at radius 2 is 2.27 bits per heavy atom. The fraction of sp³-hybridized carbons (Fsp3) is 0.480. The number of nitriles is 1. The first kappa shape index (κ1) is 25.1. The number of nitrogens with one attached hydrogen (secondary N) is 2. The predicted octanol–water partition coefficient (Wildman–Crippen LogP) is 3.46. The van der Waals surface area contributed by atoms with Crippen LogP contribution in [-0.4, -0.2) is 55.4 Å². The van der Waals surface area contributed by atoms with Crippen LogP contribution in [0.15, 0.2) is 41.1 Å². The number of methoxy groups -OCH3 is 1. The molecule has 0 spiro atoms. The minimum Gasteiger partial charge on any atom is -0.396 e. The Balaban J connectivity index is 1.93. The van der Waals surface area contributed by atoms with Gasteiger partial charge in [-0.2, -0.15) is 5.26 Å². The number of nitrogens with zero attached hydrogens (tertiary/aromatic N) is 3. The van der Waals surface area contributed by atoms with Crippen LogP contribution in [0.5, 0.6) is 0 Å². The van der Waals surface area contributed by atoms with Gasteiger partial charge in [-0.25, -0.2) is 4.98 Å². The zero-order chi connectivity index (χ0) is 23.6. The van der Waals surface area contributed by atoms with Crippen molar-refractivity contribution in [3.63, 3.8) is 0 Å². The van der Waals surface area contributed by atoms with Crippen LogP contribution in [-0.2, 0) is 11.2 Å². The third-order valence-electron chi connectivity index (χ3n) is 5.73. The maximum atomic E-state index is 9.82. The van der Waals surface area contributed by atoms with Crippen molar-refractivity contribution in [3.05, 3.63) is 51.7 Å². The Bertz CT molecular complexity index is 999. The first-order valence-corrected chi connectivity index (χ1v) is 12.1. The molecule has 1 aromatic heterocycles. The number of aliphatic hydroxyl groups is 1. The largest absolute Gasteiger partial charge is 0.396 e. The lowest BCUT2D eigenvalue weighted by Gasteiger charge is -2.17. The van der Waals surface area contributed by atoms with Gasteiger partial charge in [0.1, 0.15) is 10.8 Å². The lowest BCUT2D eigenvalue weighted by molar-refractivity contribution is 0.200. The second kappa shape index (κ2) is 12.6. The van der Waals surface area contributed by atoms with Crippen molar-refractivity contribution < 1.29 is 9.84 Å². The Kier molecular flexibility index (Phi) is 9.58. The van der Waals surface area contributed by atoms with Gasteiger partial charge in [0.25, 0.3) is 0 Å². The van der Waals surface area contributed by atoms with E-state index in [4.69, 9.17) is 14.7 Å². The summed E-state index contributed by atoms with van der Waals surface area (Å²) in [7, 11) is 1.67. The maximum Gasteiger partial charge on any atom is 0.136 e. The van der Waals surface area contributed by atoms with E-state index in [0.29, 0.717) is 31.1 Å². The van der Waals surface area contributed by atoms with Crippen LogP contribution < -0.4 is 10.6 Å². The highest BCUT2D eigenvalue weighted by atomic mass is 32.1. The van der Waals surface area contributed by atoms with Gasteiger partial charge in [-0.05, 0) is 38.2 Å². The summed E-state index contributed by atoms with van der Waals surface area (Å²) < 4.78 is 5.09. The normalized spacial score (nSPS) is 20.7. The molecule has 1 aromatic rings. The fourth-order valence-corrected chi connectivity index (χ4v) is 5.07. The second-order valence-corrected chi connectivity index (χ2v) is 9.41. The third kappa shape index (κ3) is 6.95. The smallest absolute Gasteiger partial charge is 0.136 e. The molecular formula is C25H33N5O2S. The van der Waals surface area contributed by atoms with Gasteiger partial charge in [0.15, 0.2) is 0 Å². The Labute approximate surface area is 200 Å². The third-order valence-corrected chi connectivity index (χ3v) is 6.84. The van der Waals surface area contributed by atoms with Crippen molar-refractivity contribution in [1.82, 2.24) is 15.6 Å². The van der Waals surface area contributed by atoms with E-state index in [0.717, 1.165) is 47.7 Å². The van der Waals surface area contributed by atoms with Gasteiger partial charge < -0.3 is 20.5 Å². The quantitative estimate of drug-likeness (QED) is 0.211. The number of aromatic nitrogens is 1. The molecular weight excluding hydrogens is 434 g/mol. The lowest BCUT2D eigenvalue weighted by atomic mass is 10.1. The molecule has 2 atom stereocenters. The average molecular weight is 468 g/mol. The number of ether oxygens (including phenoxy) is 1.